The lowest BCUT2D eigenvalue weighted by Gasteiger charge is -2.35. The van der Waals surface area contributed by atoms with E-state index in [1.165, 1.54) is 0 Å². The number of rotatable bonds is 6. The van der Waals surface area contributed by atoms with Gasteiger partial charge in [-0.1, -0.05) is 13.3 Å². The molecule has 0 atom stereocenters. The Morgan fingerprint density at radius 3 is 2.44 bits per heavy atom. The average molecular weight is 341 g/mol. The molecule has 132 valence electrons. The van der Waals surface area contributed by atoms with E-state index in [1.54, 1.807) is 18.5 Å². The molecule has 8 nitrogen and oxygen atoms in total. The SMILES string of the molecule is CCCCC(=O)Nc1ccc(N2CCN(c3ncccn3)CC2)nn1. The summed E-state index contributed by atoms with van der Waals surface area (Å²) in [4.78, 5) is 24.6. The van der Waals surface area contributed by atoms with Crippen LogP contribution in [0.25, 0.3) is 0 Å². The Morgan fingerprint density at radius 2 is 1.80 bits per heavy atom. The Morgan fingerprint density at radius 1 is 1.08 bits per heavy atom. The molecule has 1 fully saturated rings. The molecule has 3 heterocycles. The van der Waals surface area contributed by atoms with Crippen molar-refractivity contribution in [3.05, 3.63) is 30.6 Å². The summed E-state index contributed by atoms with van der Waals surface area (Å²) >= 11 is 0. The molecule has 1 aliphatic heterocycles. The van der Waals surface area contributed by atoms with Gasteiger partial charge in [0, 0.05) is 45.0 Å². The van der Waals surface area contributed by atoms with Crippen molar-refractivity contribution in [2.24, 2.45) is 0 Å². The lowest BCUT2D eigenvalue weighted by molar-refractivity contribution is -0.116. The number of hydrogen-bond donors (Lipinski definition) is 1. The number of unbranched alkanes of at least 4 members (excludes halogenated alkanes) is 1. The maximum atomic E-state index is 11.7. The third-order valence-corrected chi connectivity index (χ3v) is 4.11. The molecule has 8 heteroatoms. The number of carbonyl (C=O) groups is 1. The number of hydrogen-bond acceptors (Lipinski definition) is 7. The molecule has 0 saturated carbocycles. The van der Waals surface area contributed by atoms with Gasteiger partial charge in [-0.2, -0.15) is 0 Å². The maximum absolute atomic E-state index is 11.7. The Kier molecular flexibility index (Phi) is 5.71. The topological polar surface area (TPSA) is 87.1 Å². The van der Waals surface area contributed by atoms with Gasteiger partial charge in [-0.15, -0.1) is 10.2 Å². The van der Waals surface area contributed by atoms with Crippen LogP contribution < -0.4 is 15.1 Å². The summed E-state index contributed by atoms with van der Waals surface area (Å²) in [6, 6.07) is 5.52. The molecule has 0 radical (unpaired) electrons. The van der Waals surface area contributed by atoms with Crippen molar-refractivity contribution in [3.63, 3.8) is 0 Å². The van der Waals surface area contributed by atoms with Crippen molar-refractivity contribution in [2.45, 2.75) is 26.2 Å². The Bertz CT molecular complexity index is 669. The van der Waals surface area contributed by atoms with E-state index in [0.717, 1.165) is 50.8 Å². The van der Waals surface area contributed by atoms with Gasteiger partial charge in [0.25, 0.3) is 0 Å². The summed E-state index contributed by atoms with van der Waals surface area (Å²) in [7, 11) is 0. The molecule has 0 bridgehead atoms. The first-order valence-corrected chi connectivity index (χ1v) is 8.67. The van der Waals surface area contributed by atoms with Gasteiger partial charge in [-0.05, 0) is 24.6 Å². The number of piperazine rings is 1. The highest BCUT2D eigenvalue weighted by atomic mass is 16.1. The Balaban J connectivity index is 1.52. The molecule has 3 rings (SSSR count). The highest BCUT2D eigenvalue weighted by Gasteiger charge is 2.20. The van der Waals surface area contributed by atoms with Crippen LogP contribution >= 0.6 is 0 Å². The molecule has 1 saturated heterocycles. The Hall–Kier alpha value is -2.77. The van der Waals surface area contributed by atoms with Crippen LogP contribution in [0.4, 0.5) is 17.6 Å². The van der Waals surface area contributed by atoms with Crippen molar-refractivity contribution < 1.29 is 4.79 Å². The van der Waals surface area contributed by atoms with Crippen molar-refractivity contribution in [3.8, 4) is 0 Å². The minimum Gasteiger partial charge on any atom is -0.352 e. The molecule has 0 aliphatic carbocycles. The summed E-state index contributed by atoms with van der Waals surface area (Å²) in [6.07, 6.45) is 5.91. The predicted molar refractivity (Wildman–Crippen MR) is 96.6 cm³/mol. The fourth-order valence-corrected chi connectivity index (χ4v) is 2.69. The second kappa shape index (κ2) is 8.36. The number of carbonyl (C=O) groups excluding carboxylic acids is 1. The van der Waals surface area contributed by atoms with Crippen molar-refractivity contribution >= 4 is 23.5 Å². The van der Waals surface area contributed by atoms with E-state index in [1.807, 2.05) is 12.1 Å². The van der Waals surface area contributed by atoms with E-state index in [2.05, 4.69) is 42.2 Å². The minimum atomic E-state index is -0.0135. The molecule has 1 amide bonds. The number of nitrogens with zero attached hydrogens (tertiary/aromatic N) is 6. The number of nitrogens with one attached hydrogen (secondary N) is 1. The Labute approximate surface area is 147 Å². The average Bonchev–Trinajstić information content (AvgIpc) is 2.68. The zero-order valence-electron chi connectivity index (χ0n) is 14.4. The first kappa shape index (κ1) is 17.1. The number of aromatic nitrogens is 4. The van der Waals surface area contributed by atoms with Gasteiger partial charge in [0.1, 0.15) is 0 Å². The van der Waals surface area contributed by atoms with Crippen LogP contribution in [0.15, 0.2) is 30.6 Å². The fraction of sp³-hybridized carbons (Fsp3) is 0.471. The summed E-state index contributed by atoms with van der Waals surface area (Å²) in [5, 5.41) is 11.1. The minimum absolute atomic E-state index is 0.0135. The van der Waals surface area contributed by atoms with Gasteiger partial charge in [0.15, 0.2) is 11.6 Å². The van der Waals surface area contributed by atoms with Crippen molar-refractivity contribution in [1.82, 2.24) is 20.2 Å². The second-order valence-corrected chi connectivity index (χ2v) is 5.95. The zero-order valence-corrected chi connectivity index (χ0v) is 14.4. The summed E-state index contributed by atoms with van der Waals surface area (Å²) < 4.78 is 0. The third kappa shape index (κ3) is 4.62. The highest BCUT2D eigenvalue weighted by molar-refractivity contribution is 5.89. The summed E-state index contributed by atoms with van der Waals surface area (Å²) in [5.41, 5.74) is 0. The van der Waals surface area contributed by atoms with Gasteiger partial charge in [-0.25, -0.2) is 9.97 Å². The molecular formula is C17H23N7O. The number of anilines is 3. The fourth-order valence-electron chi connectivity index (χ4n) is 2.69. The van der Waals surface area contributed by atoms with E-state index in [4.69, 9.17) is 0 Å². The van der Waals surface area contributed by atoms with Crippen molar-refractivity contribution in [1.29, 1.82) is 0 Å². The van der Waals surface area contributed by atoms with Crippen LogP contribution in [0.1, 0.15) is 26.2 Å². The smallest absolute Gasteiger partial charge is 0.225 e. The first-order chi connectivity index (χ1) is 12.3. The molecule has 0 unspecified atom stereocenters. The van der Waals surface area contributed by atoms with Gasteiger partial charge in [-0.3, -0.25) is 4.79 Å². The molecule has 2 aromatic heterocycles. The van der Waals surface area contributed by atoms with Gasteiger partial charge in [0.05, 0.1) is 0 Å². The largest absolute Gasteiger partial charge is 0.352 e. The van der Waals surface area contributed by atoms with E-state index in [-0.39, 0.29) is 5.91 Å². The van der Waals surface area contributed by atoms with E-state index < -0.39 is 0 Å². The molecule has 1 N–H and O–H groups in total. The van der Waals surface area contributed by atoms with Crippen LogP contribution in [0.5, 0.6) is 0 Å². The van der Waals surface area contributed by atoms with Crippen molar-refractivity contribution in [2.75, 3.05) is 41.3 Å². The normalized spacial score (nSPS) is 14.4. The highest BCUT2D eigenvalue weighted by Crippen LogP contribution is 2.16. The molecule has 2 aromatic rings. The van der Waals surface area contributed by atoms with E-state index >= 15 is 0 Å². The molecule has 0 aromatic carbocycles. The van der Waals surface area contributed by atoms with Crippen LogP contribution in [0, 0.1) is 0 Å². The van der Waals surface area contributed by atoms with Crippen LogP contribution in [-0.2, 0) is 4.79 Å². The second-order valence-electron chi connectivity index (χ2n) is 5.95. The van der Waals surface area contributed by atoms with Crippen LogP contribution in [0.2, 0.25) is 0 Å². The molecule has 1 aliphatic rings. The quantitative estimate of drug-likeness (QED) is 0.856. The standard InChI is InChI=1S/C17H23N7O/c1-2-3-5-16(25)20-14-6-7-15(22-21-14)23-10-12-24(13-11-23)17-18-8-4-9-19-17/h4,6-9H,2-3,5,10-13H2,1H3,(H,20,21,25). The monoisotopic (exact) mass is 341 g/mol. The molecule has 0 spiro atoms. The molecule has 25 heavy (non-hydrogen) atoms. The predicted octanol–water partition coefficient (Wildman–Crippen LogP) is 1.72. The maximum Gasteiger partial charge on any atom is 0.225 e. The van der Waals surface area contributed by atoms with Gasteiger partial charge < -0.3 is 15.1 Å². The third-order valence-electron chi connectivity index (χ3n) is 4.11. The van der Waals surface area contributed by atoms with Gasteiger partial charge in [0.2, 0.25) is 11.9 Å². The summed E-state index contributed by atoms with van der Waals surface area (Å²) in [5.74, 6) is 2.07. The van der Waals surface area contributed by atoms with E-state index in [9.17, 15) is 4.79 Å². The zero-order chi connectivity index (χ0) is 17.5. The lowest BCUT2D eigenvalue weighted by atomic mass is 10.2. The lowest BCUT2D eigenvalue weighted by Crippen LogP contribution is -2.47. The van der Waals surface area contributed by atoms with Crippen LogP contribution in [-0.4, -0.2) is 52.3 Å². The van der Waals surface area contributed by atoms with Crippen LogP contribution in [0.3, 0.4) is 0 Å². The number of amides is 1. The first-order valence-electron chi connectivity index (χ1n) is 8.67. The summed E-state index contributed by atoms with van der Waals surface area (Å²) in [6.45, 7) is 5.39. The van der Waals surface area contributed by atoms with Gasteiger partial charge >= 0.3 is 0 Å². The van der Waals surface area contributed by atoms with E-state index in [0.29, 0.717) is 12.2 Å². The molecular weight excluding hydrogens is 318 g/mol.